The average molecular weight is 155 g/mol. The van der Waals surface area contributed by atoms with E-state index in [9.17, 15) is 4.79 Å². The summed E-state index contributed by atoms with van der Waals surface area (Å²) in [4.78, 5) is 15.1. The summed E-state index contributed by atoms with van der Waals surface area (Å²) >= 11 is 0. The first-order valence-electron chi connectivity index (χ1n) is 3.86. The van der Waals surface area contributed by atoms with E-state index in [0.29, 0.717) is 0 Å². The molecule has 1 fully saturated rings. The van der Waals surface area contributed by atoms with Crippen molar-refractivity contribution < 1.29 is 4.79 Å². The predicted molar refractivity (Wildman–Crippen MR) is 44.0 cm³/mol. The monoisotopic (exact) mass is 155 g/mol. The highest BCUT2D eigenvalue weighted by molar-refractivity contribution is 5.81. The van der Waals surface area contributed by atoms with Gasteiger partial charge in [0.15, 0.2) is 0 Å². The maximum atomic E-state index is 11.4. The lowest BCUT2D eigenvalue weighted by Gasteiger charge is -2.21. The maximum Gasteiger partial charge on any atom is 0.239 e. The van der Waals surface area contributed by atoms with Crippen molar-refractivity contribution in [2.75, 3.05) is 27.7 Å². The highest BCUT2D eigenvalue weighted by Gasteiger charge is 2.28. The molecule has 1 rings (SSSR count). The van der Waals surface area contributed by atoms with Crippen LogP contribution in [0.1, 0.15) is 6.42 Å². The van der Waals surface area contributed by atoms with Crippen molar-refractivity contribution >= 4 is 5.91 Å². The summed E-state index contributed by atoms with van der Waals surface area (Å²) in [5, 5.41) is 0. The molecule has 3 heteroatoms. The Morgan fingerprint density at radius 2 is 2.27 bits per heavy atom. The molecule has 11 heavy (non-hydrogen) atoms. The number of hydrogen-bond acceptors (Lipinski definition) is 2. The minimum absolute atomic E-state index is 0.0880. The first-order chi connectivity index (χ1) is 5.13. The minimum Gasteiger partial charge on any atom is -0.347 e. The van der Waals surface area contributed by atoms with Gasteiger partial charge in [0, 0.05) is 20.6 Å². The molecule has 1 atom stereocenters. The molecule has 0 N–H and O–H groups in total. The van der Waals surface area contributed by atoms with Crippen molar-refractivity contribution in [3.8, 4) is 0 Å². The Bertz CT molecular complexity index is 156. The SMILES string of the molecule is CN(C)C(=O)C1C[CH]CN1C. The Morgan fingerprint density at radius 1 is 1.64 bits per heavy atom. The Kier molecular flexibility index (Phi) is 2.49. The third kappa shape index (κ3) is 1.71. The first kappa shape index (κ1) is 8.53. The zero-order valence-corrected chi connectivity index (χ0v) is 7.37. The third-order valence-electron chi connectivity index (χ3n) is 2.06. The van der Waals surface area contributed by atoms with Gasteiger partial charge in [-0.25, -0.2) is 0 Å². The molecule has 0 aromatic heterocycles. The van der Waals surface area contributed by atoms with Crippen molar-refractivity contribution in [3.63, 3.8) is 0 Å². The minimum atomic E-state index is 0.0880. The van der Waals surface area contributed by atoms with Gasteiger partial charge in [-0.05, 0) is 19.9 Å². The lowest BCUT2D eigenvalue weighted by molar-refractivity contribution is -0.132. The topological polar surface area (TPSA) is 23.6 Å². The summed E-state index contributed by atoms with van der Waals surface area (Å²) in [6.45, 7) is 0.935. The highest BCUT2D eigenvalue weighted by atomic mass is 16.2. The zero-order chi connectivity index (χ0) is 8.43. The van der Waals surface area contributed by atoms with E-state index in [1.54, 1.807) is 19.0 Å². The number of nitrogens with zero attached hydrogens (tertiary/aromatic N) is 2. The quantitative estimate of drug-likeness (QED) is 0.531. The van der Waals surface area contributed by atoms with E-state index >= 15 is 0 Å². The predicted octanol–water partition coefficient (Wildman–Crippen LogP) is -0.0170. The summed E-state index contributed by atoms with van der Waals surface area (Å²) in [6.07, 6.45) is 3.04. The van der Waals surface area contributed by atoms with Crippen molar-refractivity contribution in [2.24, 2.45) is 0 Å². The average Bonchev–Trinajstić information content (AvgIpc) is 2.33. The lowest BCUT2D eigenvalue weighted by Crippen LogP contribution is -2.40. The van der Waals surface area contributed by atoms with Crippen LogP contribution in [0, 0.1) is 6.42 Å². The van der Waals surface area contributed by atoms with E-state index in [4.69, 9.17) is 0 Å². The van der Waals surface area contributed by atoms with E-state index in [2.05, 4.69) is 11.3 Å². The number of rotatable bonds is 1. The number of hydrogen-bond donors (Lipinski definition) is 0. The molecule has 1 aliphatic heterocycles. The molecule has 0 aromatic rings. The molecule has 0 aromatic carbocycles. The smallest absolute Gasteiger partial charge is 0.239 e. The summed E-state index contributed by atoms with van der Waals surface area (Å²) in [7, 11) is 5.58. The molecule has 1 unspecified atom stereocenters. The molecule has 1 saturated heterocycles. The van der Waals surface area contributed by atoms with Crippen molar-refractivity contribution in [1.82, 2.24) is 9.80 Å². The van der Waals surface area contributed by atoms with Gasteiger partial charge in [0.05, 0.1) is 6.04 Å². The van der Waals surface area contributed by atoms with Crippen molar-refractivity contribution in [2.45, 2.75) is 12.5 Å². The Hall–Kier alpha value is -0.570. The van der Waals surface area contributed by atoms with Gasteiger partial charge in [-0.15, -0.1) is 0 Å². The Labute approximate surface area is 68.0 Å². The number of carbonyl (C=O) groups excluding carboxylic acids is 1. The van der Waals surface area contributed by atoms with Crippen LogP contribution in [-0.4, -0.2) is 49.4 Å². The highest BCUT2D eigenvalue weighted by Crippen LogP contribution is 2.14. The van der Waals surface area contributed by atoms with Crippen LogP contribution in [-0.2, 0) is 4.79 Å². The van der Waals surface area contributed by atoms with Gasteiger partial charge in [-0.3, -0.25) is 9.69 Å². The van der Waals surface area contributed by atoms with Crippen LogP contribution in [0.5, 0.6) is 0 Å². The van der Waals surface area contributed by atoms with Crippen LogP contribution in [0.4, 0.5) is 0 Å². The molecule has 0 spiro atoms. The van der Waals surface area contributed by atoms with Crippen LogP contribution >= 0.6 is 0 Å². The van der Waals surface area contributed by atoms with Crippen LogP contribution in [0.3, 0.4) is 0 Å². The van der Waals surface area contributed by atoms with E-state index in [-0.39, 0.29) is 11.9 Å². The molecule has 1 aliphatic rings. The Balaban J connectivity index is 2.53. The normalized spacial score (nSPS) is 25.5. The van der Waals surface area contributed by atoms with Gasteiger partial charge in [0.25, 0.3) is 0 Å². The molecule has 0 saturated carbocycles. The third-order valence-corrected chi connectivity index (χ3v) is 2.06. The van der Waals surface area contributed by atoms with Crippen LogP contribution < -0.4 is 0 Å². The standard InChI is InChI=1S/C8H15N2O/c1-9(2)8(11)7-5-4-6-10(7)3/h4,7H,5-6H2,1-3H3. The largest absolute Gasteiger partial charge is 0.347 e. The van der Waals surface area contributed by atoms with E-state index < -0.39 is 0 Å². The van der Waals surface area contributed by atoms with E-state index in [1.807, 2.05) is 7.05 Å². The summed E-state index contributed by atoms with van der Waals surface area (Å²) in [5.74, 6) is 0.209. The molecule has 0 bridgehead atoms. The molecule has 63 valence electrons. The fourth-order valence-electron chi connectivity index (χ4n) is 1.33. The molecule has 0 aliphatic carbocycles. The Morgan fingerprint density at radius 3 is 2.64 bits per heavy atom. The van der Waals surface area contributed by atoms with Crippen LogP contribution in [0.25, 0.3) is 0 Å². The zero-order valence-electron chi connectivity index (χ0n) is 7.37. The number of carbonyl (C=O) groups is 1. The van der Waals surface area contributed by atoms with Gasteiger partial charge in [0.1, 0.15) is 0 Å². The van der Waals surface area contributed by atoms with Gasteiger partial charge in [0.2, 0.25) is 5.91 Å². The number of likely N-dealkylation sites (tertiary alicyclic amines) is 1. The summed E-state index contributed by atoms with van der Waals surface area (Å²) < 4.78 is 0. The second-order valence-corrected chi connectivity index (χ2v) is 3.21. The fraction of sp³-hybridized carbons (Fsp3) is 0.750. The van der Waals surface area contributed by atoms with E-state index in [1.165, 1.54) is 0 Å². The van der Waals surface area contributed by atoms with Gasteiger partial charge < -0.3 is 4.90 Å². The second kappa shape index (κ2) is 3.22. The molecule has 1 radical (unpaired) electrons. The molecule has 3 nitrogen and oxygen atoms in total. The maximum absolute atomic E-state index is 11.4. The van der Waals surface area contributed by atoms with Crippen molar-refractivity contribution in [3.05, 3.63) is 6.42 Å². The summed E-state index contributed by atoms with van der Waals surface area (Å²) in [6, 6.07) is 0.0880. The van der Waals surface area contributed by atoms with E-state index in [0.717, 1.165) is 13.0 Å². The number of likely N-dealkylation sites (N-methyl/N-ethyl adjacent to an activating group) is 2. The van der Waals surface area contributed by atoms with Gasteiger partial charge in [-0.1, -0.05) is 0 Å². The second-order valence-electron chi connectivity index (χ2n) is 3.21. The lowest BCUT2D eigenvalue weighted by atomic mass is 10.2. The molecule has 1 heterocycles. The molecule has 1 amide bonds. The fourth-order valence-corrected chi connectivity index (χ4v) is 1.33. The molecular formula is C8H15N2O. The van der Waals surface area contributed by atoms with Crippen LogP contribution in [0.2, 0.25) is 0 Å². The van der Waals surface area contributed by atoms with Gasteiger partial charge >= 0.3 is 0 Å². The van der Waals surface area contributed by atoms with Gasteiger partial charge in [-0.2, -0.15) is 0 Å². The number of amides is 1. The van der Waals surface area contributed by atoms with Crippen LogP contribution in [0.15, 0.2) is 0 Å². The summed E-state index contributed by atoms with van der Waals surface area (Å²) in [5.41, 5.74) is 0. The molecular weight excluding hydrogens is 140 g/mol. The van der Waals surface area contributed by atoms with Crippen molar-refractivity contribution in [1.29, 1.82) is 0 Å². The first-order valence-corrected chi connectivity index (χ1v) is 3.86.